The fourth-order valence-electron chi connectivity index (χ4n) is 3.39. The Hall–Kier alpha value is 0.338. The van der Waals surface area contributed by atoms with Gasteiger partial charge in [0.15, 0.2) is 0 Å². The van der Waals surface area contributed by atoms with Crippen molar-refractivity contribution >= 4 is 20.2 Å². The summed E-state index contributed by atoms with van der Waals surface area (Å²) >= 11 is 0. The first-order valence-electron chi connectivity index (χ1n) is 11.4. The van der Waals surface area contributed by atoms with E-state index in [1.807, 2.05) is 0 Å². The molecule has 0 fully saturated rings. The van der Waals surface area contributed by atoms with E-state index in [4.69, 9.17) is 0 Å². The summed E-state index contributed by atoms with van der Waals surface area (Å²) in [4.78, 5) is 0. The van der Waals surface area contributed by atoms with E-state index < -0.39 is 0 Å². The first kappa shape index (κ1) is 37.1. The van der Waals surface area contributed by atoms with Gasteiger partial charge in [0.25, 0.3) is 0 Å². The zero-order chi connectivity index (χ0) is 19.2. The first-order chi connectivity index (χ1) is 11.4. The third-order valence-corrected chi connectivity index (χ3v) is 4.69. The van der Waals surface area contributed by atoms with Gasteiger partial charge in [0.1, 0.15) is 0 Å². The molecule has 0 aliphatic carbocycles. The van der Waals surface area contributed by atoms with Crippen molar-refractivity contribution in [1.29, 1.82) is 0 Å². The van der Waals surface area contributed by atoms with Crippen molar-refractivity contribution in [3.8, 4) is 0 Å². The summed E-state index contributed by atoms with van der Waals surface area (Å²) < 4.78 is 0. The van der Waals surface area contributed by atoms with Gasteiger partial charge in [-0.1, -0.05) is 139 Å². The van der Waals surface area contributed by atoms with E-state index in [2.05, 4.69) is 62.3 Å². The summed E-state index contributed by atoms with van der Waals surface area (Å²) in [5.74, 6) is 2.89. The minimum Gasteiger partial charge on any atom is -1.00 e. The minimum absolute atomic E-state index is 0. The van der Waals surface area contributed by atoms with Gasteiger partial charge in [-0.05, 0) is 17.8 Å². The van der Waals surface area contributed by atoms with Crippen molar-refractivity contribution in [2.45, 2.75) is 139 Å². The summed E-state index contributed by atoms with van der Waals surface area (Å²) in [5.41, 5.74) is 0. The van der Waals surface area contributed by atoms with E-state index in [0.717, 1.165) is 17.8 Å². The maximum Gasteiger partial charge on any atom is 2.00 e. The van der Waals surface area contributed by atoms with Crippen LogP contribution in [0.5, 0.6) is 0 Å². The quantitative estimate of drug-likeness (QED) is 0.302. The van der Waals surface area contributed by atoms with E-state index in [9.17, 15) is 0 Å². The molecule has 0 saturated heterocycles. The maximum absolute atomic E-state index is 2.34. The minimum atomic E-state index is 0. The van der Waals surface area contributed by atoms with Gasteiger partial charge in [-0.25, -0.2) is 0 Å². The largest absolute Gasteiger partial charge is 2.00 e. The molecular weight excluding hydrogens is 306 g/mol. The molecule has 2 heteroatoms. The van der Waals surface area contributed by atoms with Crippen LogP contribution in [0.25, 0.3) is 0 Å². The van der Waals surface area contributed by atoms with E-state index in [1.165, 1.54) is 77.0 Å². The van der Waals surface area contributed by atoms with Crippen molar-refractivity contribution in [3.05, 3.63) is 0 Å². The standard InChI is InChI=1S/3C8H18.2Be.4H/c3*1-4-6-8(3)7-5-2;;;;;;/h3*8H,4-7H2,1-3H3;;;;;;/q;;;2*+2;4*-1. The van der Waals surface area contributed by atoms with Crippen LogP contribution in [-0.2, 0) is 0 Å². The Bertz CT molecular complexity index is 160. The predicted molar refractivity (Wildman–Crippen MR) is 133 cm³/mol. The topological polar surface area (TPSA) is 0 Å². The summed E-state index contributed by atoms with van der Waals surface area (Å²) in [6, 6.07) is 0. The Morgan fingerprint density at radius 1 is 0.385 bits per heavy atom. The second-order valence-electron chi connectivity index (χ2n) is 8.05. The molecule has 26 heavy (non-hydrogen) atoms. The summed E-state index contributed by atoms with van der Waals surface area (Å²) in [6.07, 6.45) is 16.6. The van der Waals surface area contributed by atoms with Gasteiger partial charge in [-0.15, -0.1) is 0 Å². The fraction of sp³-hybridized carbons (Fsp3) is 1.00. The van der Waals surface area contributed by atoms with Gasteiger partial charge in [0.2, 0.25) is 0 Å². The van der Waals surface area contributed by atoms with Crippen LogP contribution in [0.3, 0.4) is 0 Å². The Kier molecular flexibility index (Phi) is 47.1. The Morgan fingerprint density at radius 2 is 0.500 bits per heavy atom. The van der Waals surface area contributed by atoms with Crippen LogP contribution < -0.4 is 0 Å². The first-order valence-corrected chi connectivity index (χ1v) is 11.4. The Balaban J connectivity index is -0.0000000286. The van der Waals surface area contributed by atoms with Gasteiger partial charge in [0.05, 0.1) is 0 Å². The van der Waals surface area contributed by atoms with Crippen LogP contribution in [0.15, 0.2) is 0 Å². The zero-order valence-electron chi connectivity index (χ0n) is 24.6. The number of rotatable bonds is 12. The molecule has 0 rings (SSSR count). The third-order valence-electron chi connectivity index (χ3n) is 4.69. The van der Waals surface area contributed by atoms with Crippen molar-refractivity contribution in [1.82, 2.24) is 0 Å². The average Bonchev–Trinajstić information content (AvgIpc) is 2.50. The van der Waals surface area contributed by atoms with Crippen molar-refractivity contribution in [3.63, 3.8) is 0 Å². The monoisotopic (exact) mass is 364 g/mol. The summed E-state index contributed by atoms with van der Waals surface area (Å²) in [5, 5.41) is 0. The van der Waals surface area contributed by atoms with Crippen molar-refractivity contribution in [2.75, 3.05) is 0 Å². The van der Waals surface area contributed by atoms with E-state index in [1.54, 1.807) is 0 Å². The predicted octanol–water partition coefficient (Wildman–Crippen LogP) is 9.36. The van der Waals surface area contributed by atoms with E-state index in [-0.39, 0.29) is 25.9 Å². The van der Waals surface area contributed by atoms with E-state index >= 15 is 0 Å². The second kappa shape index (κ2) is 33.0. The number of hydrogen-bond donors (Lipinski definition) is 0. The fourth-order valence-corrected chi connectivity index (χ4v) is 3.39. The molecule has 0 aliphatic rings. The SMILES string of the molecule is CCCC(C)CCC.CCCC(C)CCC.CCCC(C)CCC.[Be+2].[Be+2].[H-].[H-].[H-].[H-]. The molecule has 0 atom stereocenters. The smallest absolute Gasteiger partial charge is 1.00 e. The molecular formula is C24H58Be2. The van der Waals surface area contributed by atoms with Gasteiger partial charge in [-0.3, -0.25) is 0 Å². The molecule has 0 aromatic heterocycles. The molecule has 0 unspecified atom stereocenters. The molecule has 158 valence electrons. The van der Waals surface area contributed by atoms with Crippen LogP contribution >= 0.6 is 0 Å². The molecule has 0 aromatic rings. The van der Waals surface area contributed by atoms with Gasteiger partial charge < -0.3 is 5.71 Å². The second-order valence-corrected chi connectivity index (χ2v) is 8.05. The third kappa shape index (κ3) is 39.4. The van der Waals surface area contributed by atoms with Crippen LogP contribution in [0, 0.1) is 17.8 Å². The van der Waals surface area contributed by atoms with Crippen molar-refractivity contribution in [2.24, 2.45) is 17.8 Å². The van der Waals surface area contributed by atoms with Crippen molar-refractivity contribution < 1.29 is 5.71 Å². The van der Waals surface area contributed by atoms with E-state index in [0.29, 0.717) is 0 Å². The normalized spacial score (nSPS) is 9.69. The molecule has 0 aliphatic heterocycles. The Morgan fingerprint density at radius 3 is 0.577 bits per heavy atom. The molecule has 0 bridgehead atoms. The molecule has 0 radical (unpaired) electrons. The summed E-state index contributed by atoms with van der Waals surface area (Å²) in [6.45, 7) is 20.6. The molecule has 0 N–H and O–H groups in total. The molecule has 0 spiro atoms. The van der Waals surface area contributed by atoms with Crippen LogP contribution in [0.1, 0.15) is 145 Å². The molecule has 0 amide bonds. The number of hydrogen-bond acceptors (Lipinski definition) is 0. The average molecular weight is 365 g/mol. The summed E-state index contributed by atoms with van der Waals surface area (Å²) in [7, 11) is 0. The molecule has 0 heterocycles. The zero-order valence-corrected chi connectivity index (χ0v) is 20.6. The van der Waals surface area contributed by atoms with Crippen LogP contribution in [0.2, 0.25) is 0 Å². The maximum atomic E-state index is 2.34. The van der Waals surface area contributed by atoms with Gasteiger partial charge >= 0.3 is 20.2 Å². The molecule has 0 saturated carbocycles. The molecule has 0 aromatic carbocycles. The van der Waals surface area contributed by atoms with Gasteiger partial charge in [-0.2, -0.15) is 0 Å². The van der Waals surface area contributed by atoms with Crippen LogP contribution in [-0.4, -0.2) is 20.2 Å². The molecule has 0 nitrogen and oxygen atoms in total. The Labute approximate surface area is 183 Å². The van der Waals surface area contributed by atoms with Crippen LogP contribution in [0.4, 0.5) is 0 Å². The van der Waals surface area contributed by atoms with Gasteiger partial charge in [0, 0.05) is 0 Å².